The predicted molar refractivity (Wildman–Crippen MR) is 64.0 cm³/mol. The van der Waals surface area contributed by atoms with E-state index in [-0.39, 0.29) is 12.5 Å². The first-order chi connectivity index (χ1) is 8.50. The van der Waals surface area contributed by atoms with Gasteiger partial charge in [-0.05, 0) is 17.5 Å². The summed E-state index contributed by atoms with van der Waals surface area (Å²) in [7, 11) is 0. The van der Waals surface area contributed by atoms with Crippen molar-refractivity contribution in [2.45, 2.75) is 19.8 Å². The Kier molecular flexibility index (Phi) is 5.17. The highest BCUT2D eigenvalue weighted by atomic mass is 16.5. The number of ether oxygens (including phenoxy) is 1. The molecular weight excluding hydrogens is 234 g/mol. The lowest BCUT2D eigenvalue weighted by molar-refractivity contribution is -0.304. The Balaban J connectivity index is 2.53. The van der Waals surface area contributed by atoms with Crippen LogP contribution >= 0.6 is 0 Å². The molecule has 0 radical (unpaired) electrons. The number of carboxylic acid groups (broad SMARTS) is 1. The molecule has 98 valence electrons. The van der Waals surface area contributed by atoms with Crippen molar-refractivity contribution in [2.75, 3.05) is 13.2 Å². The Morgan fingerprint density at radius 1 is 1.33 bits per heavy atom. The van der Waals surface area contributed by atoms with E-state index in [4.69, 9.17) is 4.74 Å². The third-order valence-electron chi connectivity index (χ3n) is 2.33. The van der Waals surface area contributed by atoms with E-state index in [0.29, 0.717) is 5.75 Å². The fourth-order valence-electron chi connectivity index (χ4n) is 1.45. The summed E-state index contributed by atoms with van der Waals surface area (Å²) in [5, 5.41) is 12.3. The lowest BCUT2D eigenvalue weighted by Crippen LogP contribution is -2.39. The van der Waals surface area contributed by atoms with E-state index in [0.717, 1.165) is 5.56 Å². The van der Waals surface area contributed by atoms with Crippen molar-refractivity contribution < 1.29 is 19.4 Å². The number of nitrogens with one attached hydrogen (secondary N) is 1. The quantitative estimate of drug-likeness (QED) is 0.774. The molecule has 1 aromatic carbocycles. The third-order valence-corrected chi connectivity index (χ3v) is 2.33. The van der Waals surface area contributed by atoms with Gasteiger partial charge in [-0.15, -0.1) is 0 Å². The van der Waals surface area contributed by atoms with Crippen LogP contribution in [0.4, 0.5) is 0 Å². The number of benzene rings is 1. The molecule has 0 saturated carbocycles. The number of carbonyl (C=O) groups excluding carboxylic acids is 2. The number of aliphatic carboxylic acids is 1. The molecule has 0 unspecified atom stereocenters. The van der Waals surface area contributed by atoms with Gasteiger partial charge in [0.15, 0.2) is 6.61 Å². The van der Waals surface area contributed by atoms with Crippen LogP contribution in [0.1, 0.15) is 25.3 Å². The Morgan fingerprint density at radius 2 is 2.00 bits per heavy atom. The Morgan fingerprint density at radius 3 is 2.61 bits per heavy atom. The van der Waals surface area contributed by atoms with Crippen LogP contribution < -0.4 is 15.2 Å². The first kappa shape index (κ1) is 14.0. The van der Waals surface area contributed by atoms with Gasteiger partial charge in [0, 0.05) is 0 Å². The zero-order valence-corrected chi connectivity index (χ0v) is 10.4. The first-order valence-corrected chi connectivity index (χ1v) is 5.69. The topological polar surface area (TPSA) is 78.5 Å². The molecule has 1 rings (SSSR count). The summed E-state index contributed by atoms with van der Waals surface area (Å²) in [5.74, 6) is -0.896. The summed E-state index contributed by atoms with van der Waals surface area (Å²) < 4.78 is 5.37. The molecule has 0 heterocycles. The molecule has 1 N–H and O–H groups in total. The molecule has 18 heavy (non-hydrogen) atoms. The molecule has 5 nitrogen and oxygen atoms in total. The van der Waals surface area contributed by atoms with Gasteiger partial charge in [-0.2, -0.15) is 0 Å². The van der Waals surface area contributed by atoms with E-state index in [1.807, 2.05) is 32.0 Å². The monoisotopic (exact) mass is 250 g/mol. The fraction of sp³-hybridized carbons (Fsp3) is 0.385. The minimum Gasteiger partial charge on any atom is -0.548 e. The van der Waals surface area contributed by atoms with Crippen molar-refractivity contribution in [3.05, 3.63) is 29.8 Å². The average molecular weight is 250 g/mol. The standard InChI is InChI=1S/C13H17NO4/c1-9(2)10-5-3-4-6-11(10)18-8-12(15)14-7-13(16)17/h3-6,9H,7-8H2,1-2H3,(H,14,15)(H,16,17)/p-1. The zero-order chi connectivity index (χ0) is 13.5. The van der Waals surface area contributed by atoms with Crippen LogP contribution in [0.2, 0.25) is 0 Å². The van der Waals surface area contributed by atoms with Gasteiger partial charge in [0.1, 0.15) is 5.75 Å². The molecule has 0 aromatic heterocycles. The molecule has 0 saturated heterocycles. The van der Waals surface area contributed by atoms with Crippen LogP contribution in [0.5, 0.6) is 5.75 Å². The number of hydrogen-bond acceptors (Lipinski definition) is 4. The Bertz CT molecular complexity index is 429. The molecular formula is C13H16NO4-. The molecule has 0 bridgehead atoms. The maximum absolute atomic E-state index is 11.3. The molecule has 0 aliphatic carbocycles. The van der Waals surface area contributed by atoms with E-state index >= 15 is 0 Å². The first-order valence-electron chi connectivity index (χ1n) is 5.69. The van der Waals surface area contributed by atoms with Crippen LogP contribution in [-0.2, 0) is 9.59 Å². The lowest BCUT2D eigenvalue weighted by Gasteiger charge is -2.13. The zero-order valence-electron chi connectivity index (χ0n) is 10.4. The molecule has 0 atom stereocenters. The van der Waals surface area contributed by atoms with Crippen LogP contribution in [0.25, 0.3) is 0 Å². The van der Waals surface area contributed by atoms with Gasteiger partial charge < -0.3 is 20.0 Å². The molecule has 5 heteroatoms. The van der Waals surface area contributed by atoms with Crippen LogP contribution in [-0.4, -0.2) is 25.0 Å². The van der Waals surface area contributed by atoms with Crippen molar-refractivity contribution in [3.8, 4) is 5.75 Å². The number of amides is 1. The number of hydrogen-bond donors (Lipinski definition) is 1. The van der Waals surface area contributed by atoms with Gasteiger partial charge in [0.2, 0.25) is 0 Å². The van der Waals surface area contributed by atoms with E-state index in [2.05, 4.69) is 5.32 Å². The summed E-state index contributed by atoms with van der Waals surface area (Å²) in [6, 6.07) is 7.43. The van der Waals surface area contributed by atoms with Crippen LogP contribution in [0.3, 0.4) is 0 Å². The number of carboxylic acids is 1. The Labute approximate surface area is 106 Å². The van der Waals surface area contributed by atoms with Crippen LogP contribution in [0, 0.1) is 0 Å². The highest BCUT2D eigenvalue weighted by molar-refractivity contribution is 5.81. The summed E-state index contributed by atoms with van der Waals surface area (Å²) in [6.45, 7) is 3.34. The fourth-order valence-corrected chi connectivity index (χ4v) is 1.45. The second kappa shape index (κ2) is 6.64. The minimum absolute atomic E-state index is 0.211. The maximum Gasteiger partial charge on any atom is 0.258 e. The highest BCUT2D eigenvalue weighted by Gasteiger charge is 2.08. The summed E-state index contributed by atoms with van der Waals surface area (Å²) in [4.78, 5) is 21.4. The summed E-state index contributed by atoms with van der Waals surface area (Å²) in [5.41, 5.74) is 1.00. The third kappa shape index (κ3) is 4.45. The molecule has 0 spiro atoms. The molecule has 0 aliphatic rings. The molecule has 0 aliphatic heterocycles. The summed E-state index contributed by atoms with van der Waals surface area (Å²) in [6.07, 6.45) is 0. The molecule has 1 aromatic rings. The summed E-state index contributed by atoms with van der Waals surface area (Å²) >= 11 is 0. The second-order valence-electron chi connectivity index (χ2n) is 4.13. The van der Waals surface area contributed by atoms with Gasteiger partial charge in [-0.1, -0.05) is 32.0 Å². The van der Waals surface area contributed by atoms with Crippen LogP contribution in [0.15, 0.2) is 24.3 Å². The van der Waals surface area contributed by atoms with Gasteiger partial charge in [-0.25, -0.2) is 0 Å². The minimum atomic E-state index is -1.33. The van der Waals surface area contributed by atoms with Crippen molar-refractivity contribution in [3.63, 3.8) is 0 Å². The van der Waals surface area contributed by atoms with Crippen molar-refractivity contribution in [2.24, 2.45) is 0 Å². The normalized spacial score (nSPS) is 10.2. The highest BCUT2D eigenvalue weighted by Crippen LogP contribution is 2.25. The number of carbonyl (C=O) groups is 2. The van der Waals surface area contributed by atoms with E-state index < -0.39 is 18.4 Å². The molecule has 1 amide bonds. The Hall–Kier alpha value is -2.04. The van der Waals surface area contributed by atoms with E-state index in [1.165, 1.54) is 0 Å². The van der Waals surface area contributed by atoms with Gasteiger partial charge in [0.25, 0.3) is 5.91 Å². The van der Waals surface area contributed by atoms with Crippen molar-refractivity contribution in [1.82, 2.24) is 5.32 Å². The predicted octanol–water partition coefficient (Wildman–Crippen LogP) is 0.0549. The molecule has 0 fully saturated rings. The van der Waals surface area contributed by atoms with E-state index in [1.54, 1.807) is 6.07 Å². The average Bonchev–Trinajstić information content (AvgIpc) is 2.34. The smallest absolute Gasteiger partial charge is 0.258 e. The van der Waals surface area contributed by atoms with Gasteiger partial charge >= 0.3 is 0 Å². The number of rotatable bonds is 6. The SMILES string of the molecule is CC(C)c1ccccc1OCC(=O)NCC(=O)[O-]. The largest absolute Gasteiger partial charge is 0.548 e. The lowest BCUT2D eigenvalue weighted by atomic mass is 10.0. The van der Waals surface area contributed by atoms with Crippen molar-refractivity contribution in [1.29, 1.82) is 0 Å². The maximum atomic E-state index is 11.3. The number of para-hydroxylation sites is 1. The van der Waals surface area contributed by atoms with Gasteiger partial charge in [-0.3, -0.25) is 4.79 Å². The van der Waals surface area contributed by atoms with Gasteiger partial charge in [0.05, 0.1) is 12.5 Å². The second-order valence-corrected chi connectivity index (χ2v) is 4.13. The van der Waals surface area contributed by atoms with Crippen molar-refractivity contribution >= 4 is 11.9 Å². The van der Waals surface area contributed by atoms with E-state index in [9.17, 15) is 14.7 Å².